The number of carbonyl (C=O) groups is 1. The van der Waals surface area contributed by atoms with Crippen LogP contribution in [-0.2, 0) is 16.6 Å². The number of sulfonamides is 1. The van der Waals surface area contributed by atoms with E-state index in [1.807, 2.05) is 0 Å². The third-order valence-electron chi connectivity index (χ3n) is 6.07. The monoisotopic (exact) mass is 463 g/mol. The smallest absolute Gasteiger partial charge is 0.276 e. The first-order chi connectivity index (χ1) is 15.4. The highest BCUT2D eigenvalue weighted by Crippen LogP contribution is 2.32. The van der Waals surface area contributed by atoms with E-state index in [1.165, 1.54) is 30.7 Å². The lowest BCUT2D eigenvalue weighted by atomic mass is 10.00. The Morgan fingerprint density at radius 3 is 2.56 bits per heavy atom. The van der Waals surface area contributed by atoms with Crippen molar-refractivity contribution in [3.05, 3.63) is 30.1 Å². The molecule has 0 radical (unpaired) electrons. The molecule has 1 amide bonds. The van der Waals surface area contributed by atoms with Crippen molar-refractivity contribution >= 4 is 15.9 Å². The van der Waals surface area contributed by atoms with E-state index in [4.69, 9.17) is 9.47 Å². The molecule has 3 heterocycles. The quantitative estimate of drug-likeness (QED) is 0.614. The molecular weight excluding hydrogens is 434 g/mol. The van der Waals surface area contributed by atoms with E-state index in [0.29, 0.717) is 36.8 Å². The molecule has 1 atom stereocenters. The van der Waals surface area contributed by atoms with Crippen molar-refractivity contribution in [1.29, 1.82) is 0 Å². The minimum absolute atomic E-state index is 0.0788. The first-order valence-electron chi connectivity index (χ1n) is 10.8. The fraction of sp³-hybridized carbons (Fsp3) is 0.571. The molecular formula is C21H29N5O5S. The number of rotatable bonds is 7. The van der Waals surface area contributed by atoms with E-state index in [-0.39, 0.29) is 16.7 Å². The molecule has 0 N–H and O–H groups in total. The fourth-order valence-corrected chi connectivity index (χ4v) is 5.92. The SMILES string of the molecule is COc1ccc(S(=O)(=O)N2CCC[C@H](Cn3cc(C(=O)N4CCCC4)nn3)C2)cc1OC. The van der Waals surface area contributed by atoms with Gasteiger partial charge in [0.25, 0.3) is 5.91 Å². The van der Waals surface area contributed by atoms with Gasteiger partial charge in [0, 0.05) is 38.8 Å². The van der Waals surface area contributed by atoms with Gasteiger partial charge < -0.3 is 14.4 Å². The zero-order valence-electron chi connectivity index (χ0n) is 18.4. The number of benzene rings is 1. The van der Waals surface area contributed by atoms with E-state index >= 15 is 0 Å². The Kier molecular flexibility index (Phi) is 6.66. The maximum Gasteiger partial charge on any atom is 0.276 e. The van der Waals surface area contributed by atoms with Gasteiger partial charge in [-0.25, -0.2) is 8.42 Å². The highest BCUT2D eigenvalue weighted by atomic mass is 32.2. The molecule has 2 aliphatic rings. The summed E-state index contributed by atoms with van der Waals surface area (Å²) < 4.78 is 40.1. The minimum atomic E-state index is -3.67. The zero-order valence-corrected chi connectivity index (χ0v) is 19.3. The molecule has 32 heavy (non-hydrogen) atoms. The predicted molar refractivity (Wildman–Crippen MR) is 116 cm³/mol. The van der Waals surface area contributed by atoms with Gasteiger partial charge in [0.2, 0.25) is 10.0 Å². The summed E-state index contributed by atoms with van der Waals surface area (Å²) in [5.41, 5.74) is 0.345. The minimum Gasteiger partial charge on any atom is -0.493 e. The summed E-state index contributed by atoms with van der Waals surface area (Å²) in [5, 5.41) is 8.15. The predicted octanol–water partition coefficient (Wildman–Crippen LogP) is 1.63. The summed E-state index contributed by atoms with van der Waals surface area (Å²) in [6.07, 6.45) is 5.35. The van der Waals surface area contributed by atoms with Crippen LogP contribution in [0.25, 0.3) is 0 Å². The second kappa shape index (κ2) is 9.45. The van der Waals surface area contributed by atoms with E-state index < -0.39 is 10.0 Å². The average Bonchev–Trinajstić information content (AvgIpc) is 3.51. The molecule has 1 aromatic heterocycles. The van der Waals surface area contributed by atoms with E-state index in [1.54, 1.807) is 21.8 Å². The molecule has 10 nitrogen and oxygen atoms in total. The lowest BCUT2D eigenvalue weighted by Crippen LogP contribution is -2.41. The first kappa shape index (κ1) is 22.5. The van der Waals surface area contributed by atoms with Crippen LogP contribution in [0.4, 0.5) is 0 Å². The second-order valence-corrected chi connectivity index (χ2v) is 10.2. The van der Waals surface area contributed by atoms with Gasteiger partial charge in [-0.05, 0) is 43.7 Å². The topological polar surface area (TPSA) is 107 Å². The normalized spacial score (nSPS) is 19.8. The third kappa shape index (κ3) is 4.58. The van der Waals surface area contributed by atoms with E-state index in [2.05, 4.69) is 10.3 Å². The maximum atomic E-state index is 13.2. The number of piperidine rings is 1. The summed E-state index contributed by atoms with van der Waals surface area (Å²) in [5.74, 6) is 0.846. The van der Waals surface area contributed by atoms with Crippen LogP contribution in [0, 0.1) is 5.92 Å². The van der Waals surface area contributed by atoms with Gasteiger partial charge in [0.15, 0.2) is 17.2 Å². The molecule has 2 saturated heterocycles. The molecule has 0 bridgehead atoms. The molecule has 1 aromatic carbocycles. The Labute approximate surface area is 188 Å². The Balaban J connectivity index is 1.44. The molecule has 0 saturated carbocycles. The molecule has 2 aliphatic heterocycles. The Hall–Kier alpha value is -2.66. The standard InChI is InChI=1S/C21H29N5O5S/c1-30-19-8-7-17(12-20(19)31-2)32(28,29)26-11-5-6-16(14-26)13-25-15-18(22-23-25)21(27)24-9-3-4-10-24/h7-8,12,15-16H,3-6,9-11,13-14H2,1-2H3/t16-/m1/s1. The summed E-state index contributed by atoms with van der Waals surface area (Å²) in [4.78, 5) is 14.5. The van der Waals surface area contributed by atoms with Gasteiger partial charge in [-0.2, -0.15) is 4.31 Å². The Morgan fingerprint density at radius 1 is 1.09 bits per heavy atom. The second-order valence-electron chi connectivity index (χ2n) is 8.21. The zero-order chi connectivity index (χ0) is 22.7. The molecule has 0 unspecified atom stereocenters. The highest BCUT2D eigenvalue weighted by molar-refractivity contribution is 7.89. The number of aromatic nitrogens is 3. The molecule has 174 valence electrons. The lowest BCUT2D eigenvalue weighted by molar-refractivity contribution is 0.0787. The van der Waals surface area contributed by atoms with Crippen LogP contribution < -0.4 is 9.47 Å². The summed E-state index contributed by atoms with van der Waals surface area (Å²) in [7, 11) is -0.685. The van der Waals surface area contributed by atoms with Crippen LogP contribution in [0.3, 0.4) is 0 Å². The van der Waals surface area contributed by atoms with Crippen molar-refractivity contribution in [3.63, 3.8) is 0 Å². The maximum absolute atomic E-state index is 13.2. The van der Waals surface area contributed by atoms with Gasteiger partial charge in [-0.3, -0.25) is 9.48 Å². The van der Waals surface area contributed by atoms with Crippen molar-refractivity contribution in [2.24, 2.45) is 5.92 Å². The number of amides is 1. The molecule has 0 aliphatic carbocycles. The summed E-state index contributed by atoms with van der Waals surface area (Å²) in [6, 6.07) is 4.63. The molecule has 11 heteroatoms. The average molecular weight is 464 g/mol. The summed E-state index contributed by atoms with van der Waals surface area (Å²) >= 11 is 0. The number of likely N-dealkylation sites (tertiary alicyclic amines) is 1. The number of carbonyl (C=O) groups excluding carboxylic acids is 1. The fourth-order valence-electron chi connectivity index (χ4n) is 4.35. The first-order valence-corrected chi connectivity index (χ1v) is 12.3. The number of nitrogens with zero attached hydrogens (tertiary/aromatic N) is 5. The number of hydrogen-bond donors (Lipinski definition) is 0. The van der Waals surface area contributed by atoms with Crippen molar-refractivity contribution in [3.8, 4) is 11.5 Å². The molecule has 4 rings (SSSR count). The molecule has 2 aromatic rings. The largest absolute Gasteiger partial charge is 0.493 e. The van der Waals surface area contributed by atoms with Crippen molar-refractivity contribution < 1.29 is 22.7 Å². The molecule has 0 spiro atoms. The molecule has 2 fully saturated rings. The van der Waals surface area contributed by atoms with Gasteiger partial charge in [0.1, 0.15) is 0 Å². The van der Waals surface area contributed by atoms with Gasteiger partial charge in [-0.1, -0.05) is 5.21 Å². The van der Waals surface area contributed by atoms with Crippen LogP contribution in [0.15, 0.2) is 29.3 Å². The van der Waals surface area contributed by atoms with Crippen LogP contribution in [0.2, 0.25) is 0 Å². The van der Waals surface area contributed by atoms with Crippen molar-refractivity contribution in [2.45, 2.75) is 37.1 Å². The lowest BCUT2D eigenvalue weighted by Gasteiger charge is -2.31. The number of ether oxygens (including phenoxy) is 2. The highest BCUT2D eigenvalue weighted by Gasteiger charge is 2.31. The van der Waals surface area contributed by atoms with Crippen LogP contribution >= 0.6 is 0 Å². The van der Waals surface area contributed by atoms with E-state index in [9.17, 15) is 13.2 Å². The Morgan fingerprint density at radius 2 is 1.84 bits per heavy atom. The van der Waals surface area contributed by atoms with Crippen molar-refractivity contribution in [2.75, 3.05) is 40.4 Å². The van der Waals surface area contributed by atoms with Crippen LogP contribution in [0.5, 0.6) is 11.5 Å². The van der Waals surface area contributed by atoms with E-state index in [0.717, 1.165) is 38.8 Å². The van der Waals surface area contributed by atoms with Crippen LogP contribution in [-0.4, -0.2) is 78.9 Å². The number of hydrogen-bond acceptors (Lipinski definition) is 7. The van der Waals surface area contributed by atoms with Crippen molar-refractivity contribution in [1.82, 2.24) is 24.2 Å². The van der Waals surface area contributed by atoms with Gasteiger partial charge >= 0.3 is 0 Å². The number of methoxy groups -OCH3 is 2. The van der Waals surface area contributed by atoms with Gasteiger partial charge in [-0.15, -0.1) is 5.10 Å². The third-order valence-corrected chi connectivity index (χ3v) is 7.93. The Bertz CT molecular complexity index is 1060. The van der Waals surface area contributed by atoms with Gasteiger partial charge in [0.05, 0.1) is 25.3 Å². The van der Waals surface area contributed by atoms with Crippen LogP contribution in [0.1, 0.15) is 36.2 Å². The summed E-state index contributed by atoms with van der Waals surface area (Å²) in [6.45, 7) is 2.88.